The van der Waals surface area contributed by atoms with Crippen molar-refractivity contribution < 1.29 is 0 Å². The van der Waals surface area contributed by atoms with Crippen LogP contribution in [0.4, 0.5) is 23.0 Å². The van der Waals surface area contributed by atoms with Crippen molar-refractivity contribution >= 4 is 33.8 Å². The molecule has 0 spiro atoms. The van der Waals surface area contributed by atoms with E-state index in [-0.39, 0.29) is 11.1 Å². The number of fused-ring (bicyclic) bond motifs is 11. The number of hydrogen-bond acceptors (Lipinski definition) is 9. The van der Waals surface area contributed by atoms with Crippen LogP contribution in [0.25, 0.3) is 90.0 Å². The fraction of sp³-hybridized carbons (Fsp3) is 0.141. The Morgan fingerprint density at radius 1 is 0.467 bits per heavy atom. The first-order chi connectivity index (χ1) is 36.8. The zero-order valence-electron chi connectivity index (χ0n) is 41.5. The number of anilines is 4. The van der Waals surface area contributed by atoms with E-state index in [1.807, 2.05) is 55.1 Å². The van der Waals surface area contributed by atoms with Crippen LogP contribution in [0.15, 0.2) is 195 Å². The van der Waals surface area contributed by atoms with Crippen molar-refractivity contribution in [3.63, 3.8) is 0 Å². The number of imidazole rings is 2. The van der Waals surface area contributed by atoms with Crippen LogP contribution in [0.1, 0.15) is 55.2 Å². The van der Waals surface area contributed by atoms with Crippen LogP contribution in [-0.2, 0) is 11.1 Å². The average Bonchev–Trinajstić information content (AvgIpc) is 3.97. The van der Waals surface area contributed by atoms with Gasteiger partial charge in [0, 0.05) is 74.6 Å². The minimum absolute atomic E-state index is 0.188. The first kappa shape index (κ1) is 44.7. The Bertz CT molecular complexity index is 3990. The fourth-order valence-electron chi connectivity index (χ4n) is 11.3. The molecule has 2 aliphatic heterocycles. The van der Waals surface area contributed by atoms with E-state index in [1.54, 1.807) is 0 Å². The number of hydrogen-bond donors (Lipinski definition) is 4. The second-order valence-corrected chi connectivity index (χ2v) is 20.5. The standard InChI is InChI=1S/C33H26N6.C31H27N5/c34-33(15-4-16-33)25-12-10-21(11-13-25)30-29(23-8-9-24-20-35-18-14-22(24)19-23)38-32-26-5-1-2-6-27(26)37-31-28(39(30)32)7-3-17-36-31;1-20-9-11-21(12-10-20)27-28(22-13-15-23(16-14-22)31(32)17-5-18-31)36-26-8-4-19-33-29(26)34-25-7-3-2-6-24(25)30(36)35-27/h1-3,5-14,17-20H,4,15-16,34H2,(H,36,37);2-4,6-16,19H,5,17-18,32H2,1H3,(H,33,34). The third kappa shape index (κ3) is 7.53. The fourth-order valence-corrected chi connectivity index (χ4v) is 11.3. The Kier molecular flexibility index (Phi) is 10.5. The molecule has 2 aliphatic carbocycles. The molecular formula is C64H53N11. The average molecular weight is 976 g/mol. The number of nitrogens with zero attached hydrogens (tertiary/aromatic N) is 7. The molecular weight excluding hydrogens is 923 g/mol. The number of aromatic nitrogens is 7. The van der Waals surface area contributed by atoms with E-state index < -0.39 is 0 Å². The van der Waals surface area contributed by atoms with E-state index >= 15 is 0 Å². The van der Waals surface area contributed by atoms with Crippen LogP contribution in [0.5, 0.6) is 0 Å². The highest BCUT2D eigenvalue weighted by molar-refractivity contribution is 5.94. The Morgan fingerprint density at radius 3 is 1.45 bits per heavy atom. The SMILES string of the molecule is Cc1ccc(-c2nc3n(c2-c2ccc(C4(N)CCC4)cc2)-c2cccnc2Nc2ccccc2-3)cc1.NC1(c2ccc(-c3c(-c4ccc5cnccc5c4)nc4n3-c3cccnc3Nc3ccccc3-4)cc2)CCC1. The maximum atomic E-state index is 6.68. The summed E-state index contributed by atoms with van der Waals surface area (Å²) >= 11 is 0. The summed E-state index contributed by atoms with van der Waals surface area (Å²) in [4.78, 5) is 24.4. The van der Waals surface area contributed by atoms with Gasteiger partial charge in [0.05, 0.1) is 45.5 Å². The quantitative estimate of drug-likeness (QED) is 0.128. The van der Waals surface area contributed by atoms with E-state index in [9.17, 15) is 0 Å². The highest BCUT2D eigenvalue weighted by Gasteiger charge is 2.36. The number of nitrogens with two attached hydrogens (primary N) is 2. The molecule has 15 rings (SSSR count). The highest BCUT2D eigenvalue weighted by Crippen LogP contribution is 2.48. The predicted octanol–water partition coefficient (Wildman–Crippen LogP) is 14.2. The van der Waals surface area contributed by atoms with Gasteiger partial charge in [-0.25, -0.2) is 19.9 Å². The van der Waals surface area contributed by atoms with E-state index in [0.29, 0.717) is 0 Å². The molecule has 6 aromatic carbocycles. The first-order valence-electron chi connectivity index (χ1n) is 25.9. The molecule has 0 atom stereocenters. The molecule has 0 radical (unpaired) electrons. The van der Waals surface area contributed by atoms with Crippen molar-refractivity contribution in [1.29, 1.82) is 0 Å². The van der Waals surface area contributed by atoms with E-state index in [1.165, 1.54) is 29.5 Å². The molecule has 2 fully saturated rings. The van der Waals surface area contributed by atoms with Gasteiger partial charge in [0.15, 0.2) is 11.6 Å². The topological polar surface area (TPSA) is 150 Å². The summed E-state index contributed by atoms with van der Waals surface area (Å²) in [5.74, 6) is 3.38. The number of nitrogens with one attached hydrogen (secondary N) is 2. The van der Waals surface area contributed by atoms with Gasteiger partial charge in [-0.05, 0) is 123 Å². The smallest absolute Gasteiger partial charge is 0.154 e. The molecule has 0 unspecified atom stereocenters. The molecule has 5 aromatic heterocycles. The summed E-state index contributed by atoms with van der Waals surface area (Å²) in [7, 11) is 0. The van der Waals surface area contributed by atoms with Gasteiger partial charge in [0.25, 0.3) is 0 Å². The van der Waals surface area contributed by atoms with Gasteiger partial charge >= 0.3 is 0 Å². The molecule has 11 heteroatoms. The molecule has 0 saturated heterocycles. The van der Waals surface area contributed by atoms with Gasteiger partial charge in [0.2, 0.25) is 0 Å². The largest absolute Gasteiger partial charge is 0.338 e. The molecule has 75 heavy (non-hydrogen) atoms. The Hall–Kier alpha value is -9.03. The molecule has 0 amide bonds. The lowest BCUT2D eigenvalue weighted by Crippen LogP contribution is -2.43. The second kappa shape index (κ2) is 17.6. The van der Waals surface area contributed by atoms with Crippen molar-refractivity contribution in [3.8, 4) is 79.2 Å². The maximum absolute atomic E-state index is 6.68. The van der Waals surface area contributed by atoms with Crippen LogP contribution >= 0.6 is 0 Å². The van der Waals surface area contributed by atoms with Crippen molar-refractivity contribution in [1.82, 2.24) is 34.1 Å². The van der Waals surface area contributed by atoms with Gasteiger partial charge in [-0.3, -0.25) is 14.1 Å². The minimum Gasteiger partial charge on any atom is -0.338 e. The van der Waals surface area contributed by atoms with Crippen molar-refractivity contribution in [2.24, 2.45) is 11.5 Å². The normalized spacial score (nSPS) is 15.0. The number of pyridine rings is 3. The zero-order chi connectivity index (χ0) is 50.3. The summed E-state index contributed by atoms with van der Waals surface area (Å²) in [6.07, 6.45) is 13.9. The third-order valence-corrected chi connectivity index (χ3v) is 15.8. The monoisotopic (exact) mass is 975 g/mol. The van der Waals surface area contributed by atoms with E-state index in [2.05, 4.69) is 171 Å². The third-order valence-electron chi connectivity index (χ3n) is 15.8. The maximum Gasteiger partial charge on any atom is 0.154 e. The van der Waals surface area contributed by atoms with Crippen molar-refractivity contribution in [2.75, 3.05) is 10.6 Å². The Labute approximate surface area is 435 Å². The molecule has 7 heterocycles. The summed E-state index contributed by atoms with van der Waals surface area (Å²) in [5.41, 5.74) is 30.8. The molecule has 2 saturated carbocycles. The molecule has 364 valence electrons. The summed E-state index contributed by atoms with van der Waals surface area (Å²) < 4.78 is 4.51. The Morgan fingerprint density at radius 2 is 0.947 bits per heavy atom. The lowest BCUT2D eigenvalue weighted by molar-refractivity contribution is 0.253. The second-order valence-electron chi connectivity index (χ2n) is 20.5. The molecule has 4 aliphatic rings. The van der Waals surface area contributed by atoms with Crippen LogP contribution in [0.3, 0.4) is 0 Å². The number of rotatable bonds is 6. The van der Waals surface area contributed by atoms with Gasteiger partial charge in [-0.2, -0.15) is 0 Å². The molecule has 11 aromatic rings. The molecule has 0 bridgehead atoms. The predicted molar refractivity (Wildman–Crippen MR) is 301 cm³/mol. The lowest BCUT2D eigenvalue weighted by atomic mass is 9.72. The van der Waals surface area contributed by atoms with Crippen LogP contribution in [0.2, 0.25) is 0 Å². The minimum atomic E-state index is -0.207. The van der Waals surface area contributed by atoms with Crippen LogP contribution in [0, 0.1) is 6.92 Å². The van der Waals surface area contributed by atoms with Crippen LogP contribution < -0.4 is 22.1 Å². The number of benzene rings is 6. The summed E-state index contributed by atoms with van der Waals surface area (Å²) in [5, 5.41) is 9.32. The van der Waals surface area contributed by atoms with Crippen LogP contribution in [-0.4, -0.2) is 34.1 Å². The first-order valence-corrected chi connectivity index (χ1v) is 25.9. The summed E-state index contributed by atoms with van der Waals surface area (Å²) in [6, 6.07) is 59.4. The van der Waals surface area contributed by atoms with Gasteiger partial charge in [-0.1, -0.05) is 115 Å². The zero-order valence-corrected chi connectivity index (χ0v) is 41.5. The molecule has 6 N–H and O–H groups in total. The van der Waals surface area contributed by atoms with Gasteiger partial charge in [-0.15, -0.1) is 0 Å². The highest BCUT2D eigenvalue weighted by atomic mass is 15.2. The van der Waals surface area contributed by atoms with Gasteiger partial charge in [0.1, 0.15) is 11.6 Å². The number of para-hydroxylation sites is 2. The summed E-state index contributed by atoms with van der Waals surface area (Å²) in [6.45, 7) is 2.11. The van der Waals surface area contributed by atoms with Gasteiger partial charge < -0.3 is 22.1 Å². The van der Waals surface area contributed by atoms with Crippen molar-refractivity contribution in [3.05, 3.63) is 211 Å². The Balaban J connectivity index is 0.000000138. The number of aryl methyl sites for hydroxylation is 1. The van der Waals surface area contributed by atoms with Crippen molar-refractivity contribution in [2.45, 2.75) is 56.5 Å². The molecule has 11 nitrogen and oxygen atoms in total. The van der Waals surface area contributed by atoms with E-state index in [0.717, 1.165) is 139 Å². The lowest BCUT2D eigenvalue weighted by Gasteiger charge is -2.38. The van der Waals surface area contributed by atoms with E-state index in [4.69, 9.17) is 31.4 Å².